The van der Waals surface area contributed by atoms with E-state index in [2.05, 4.69) is 10.1 Å². The Labute approximate surface area is 139 Å². The second kappa shape index (κ2) is 6.01. The lowest BCUT2D eigenvalue weighted by Crippen LogP contribution is -2.51. The number of aryl methyl sites for hydroxylation is 2. The van der Waals surface area contributed by atoms with Crippen molar-refractivity contribution in [3.8, 4) is 0 Å². The van der Waals surface area contributed by atoms with Crippen LogP contribution < -0.4 is 5.56 Å². The Morgan fingerprint density at radius 1 is 1.42 bits per heavy atom. The number of morpholine rings is 1. The maximum Gasteiger partial charge on any atom is 0.264 e. The highest BCUT2D eigenvalue weighted by Gasteiger charge is 2.38. The Balaban J connectivity index is 1.47. The van der Waals surface area contributed by atoms with Gasteiger partial charge in [-0.1, -0.05) is 0 Å². The quantitative estimate of drug-likeness (QED) is 0.808. The first-order chi connectivity index (χ1) is 11.6. The van der Waals surface area contributed by atoms with E-state index in [1.165, 1.54) is 17.1 Å². The van der Waals surface area contributed by atoms with Gasteiger partial charge in [-0.2, -0.15) is 5.10 Å². The maximum absolute atomic E-state index is 12.6. The summed E-state index contributed by atoms with van der Waals surface area (Å²) in [6.45, 7) is 1.59. The molecule has 2 fully saturated rings. The third kappa shape index (κ3) is 2.50. The van der Waals surface area contributed by atoms with Crippen LogP contribution in [0.1, 0.15) is 25.7 Å². The SMILES string of the molecule is Cn1ncc2c(=O)n(CCC(=O)N3CCO[C@@H]4CCC[C@@H]43)cnc21. The molecule has 0 aromatic carbocycles. The summed E-state index contributed by atoms with van der Waals surface area (Å²) in [6.07, 6.45) is 6.68. The molecule has 0 spiro atoms. The van der Waals surface area contributed by atoms with Crippen LogP contribution in [0, 0.1) is 0 Å². The minimum absolute atomic E-state index is 0.0911. The number of rotatable bonds is 3. The van der Waals surface area contributed by atoms with E-state index >= 15 is 0 Å². The predicted octanol–water partition coefficient (Wildman–Crippen LogP) is 0.300. The molecule has 128 valence electrons. The number of nitrogens with zero attached hydrogens (tertiary/aromatic N) is 5. The molecule has 24 heavy (non-hydrogen) atoms. The Morgan fingerprint density at radius 3 is 3.17 bits per heavy atom. The van der Waals surface area contributed by atoms with Gasteiger partial charge in [0.15, 0.2) is 5.65 Å². The van der Waals surface area contributed by atoms with Gasteiger partial charge < -0.3 is 9.64 Å². The highest BCUT2D eigenvalue weighted by Crippen LogP contribution is 2.30. The topological polar surface area (TPSA) is 82.2 Å². The number of ether oxygens (including phenoxy) is 1. The summed E-state index contributed by atoms with van der Waals surface area (Å²) in [5, 5.41) is 4.54. The number of carbonyl (C=O) groups is 1. The van der Waals surface area contributed by atoms with Gasteiger partial charge >= 0.3 is 0 Å². The first-order valence-corrected chi connectivity index (χ1v) is 8.43. The highest BCUT2D eigenvalue weighted by molar-refractivity contribution is 5.77. The van der Waals surface area contributed by atoms with Crippen molar-refractivity contribution < 1.29 is 9.53 Å². The molecule has 2 aromatic rings. The van der Waals surface area contributed by atoms with Gasteiger partial charge in [0.2, 0.25) is 5.91 Å². The van der Waals surface area contributed by atoms with Gasteiger partial charge in [0.25, 0.3) is 5.56 Å². The van der Waals surface area contributed by atoms with Crippen LogP contribution in [0.4, 0.5) is 0 Å². The minimum atomic E-state index is -0.151. The normalized spacial score (nSPS) is 23.6. The molecule has 8 nitrogen and oxygen atoms in total. The lowest BCUT2D eigenvalue weighted by atomic mass is 10.1. The summed E-state index contributed by atoms with van der Waals surface area (Å²) >= 11 is 0. The molecule has 2 atom stereocenters. The van der Waals surface area contributed by atoms with Crippen LogP contribution >= 0.6 is 0 Å². The van der Waals surface area contributed by atoms with Crippen molar-refractivity contribution in [3.63, 3.8) is 0 Å². The van der Waals surface area contributed by atoms with Crippen LogP contribution in [-0.4, -0.2) is 55.4 Å². The average Bonchev–Trinajstić information content (AvgIpc) is 3.21. The zero-order valence-electron chi connectivity index (χ0n) is 13.7. The molecule has 2 aliphatic rings. The fraction of sp³-hybridized carbons (Fsp3) is 0.625. The van der Waals surface area contributed by atoms with Crippen molar-refractivity contribution in [1.82, 2.24) is 24.2 Å². The molecule has 0 bridgehead atoms. The first kappa shape index (κ1) is 15.3. The van der Waals surface area contributed by atoms with E-state index in [1.54, 1.807) is 11.7 Å². The van der Waals surface area contributed by atoms with E-state index in [0.717, 1.165) is 19.3 Å². The maximum atomic E-state index is 12.6. The van der Waals surface area contributed by atoms with Gasteiger partial charge in [-0.15, -0.1) is 0 Å². The summed E-state index contributed by atoms with van der Waals surface area (Å²) < 4.78 is 8.81. The Hall–Kier alpha value is -2.22. The van der Waals surface area contributed by atoms with Gasteiger partial charge in [-0.05, 0) is 19.3 Å². The lowest BCUT2D eigenvalue weighted by Gasteiger charge is -2.37. The number of carbonyl (C=O) groups excluding carboxylic acids is 1. The molecule has 8 heteroatoms. The smallest absolute Gasteiger partial charge is 0.264 e. The first-order valence-electron chi connectivity index (χ1n) is 8.43. The monoisotopic (exact) mass is 331 g/mol. The fourth-order valence-electron chi connectivity index (χ4n) is 3.82. The molecule has 0 radical (unpaired) electrons. The molecule has 0 unspecified atom stereocenters. The van der Waals surface area contributed by atoms with Crippen molar-refractivity contribution in [3.05, 3.63) is 22.9 Å². The number of aromatic nitrogens is 4. The molecule has 1 aliphatic carbocycles. The molecule has 1 saturated heterocycles. The van der Waals surface area contributed by atoms with Crippen LogP contribution in [0.3, 0.4) is 0 Å². The third-order valence-corrected chi connectivity index (χ3v) is 5.09. The summed E-state index contributed by atoms with van der Waals surface area (Å²) in [6, 6.07) is 0.210. The van der Waals surface area contributed by atoms with E-state index in [1.807, 2.05) is 4.90 Å². The number of fused-ring (bicyclic) bond motifs is 2. The van der Waals surface area contributed by atoms with E-state index in [9.17, 15) is 9.59 Å². The van der Waals surface area contributed by atoms with Crippen LogP contribution in [0.15, 0.2) is 17.3 Å². The highest BCUT2D eigenvalue weighted by atomic mass is 16.5. The number of hydrogen-bond donors (Lipinski definition) is 0. The summed E-state index contributed by atoms with van der Waals surface area (Å²) in [4.78, 5) is 31.3. The molecular weight excluding hydrogens is 310 g/mol. The van der Waals surface area contributed by atoms with Crippen molar-refractivity contribution in [1.29, 1.82) is 0 Å². The zero-order chi connectivity index (χ0) is 16.7. The summed E-state index contributed by atoms with van der Waals surface area (Å²) in [5.41, 5.74) is 0.408. The van der Waals surface area contributed by atoms with Crippen LogP contribution in [0.25, 0.3) is 11.0 Å². The third-order valence-electron chi connectivity index (χ3n) is 5.09. The van der Waals surface area contributed by atoms with Gasteiger partial charge in [0, 0.05) is 26.6 Å². The van der Waals surface area contributed by atoms with E-state index < -0.39 is 0 Å². The summed E-state index contributed by atoms with van der Waals surface area (Å²) in [7, 11) is 1.75. The van der Waals surface area contributed by atoms with Crippen LogP contribution in [-0.2, 0) is 23.1 Å². The van der Waals surface area contributed by atoms with Gasteiger partial charge in [-0.25, -0.2) is 4.98 Å². The molecule has 1 amide bonds. The second-order valence-electron chi connectivity index (χ2n) is 6.49. The van der Waals surface area contributed by atoms with E-state index in [4.69, 9.17) is 4.74 Å². The molecule has 1 saturated carbocycles. The van der Waals surface area contributed by atoms with Crippen LogP contribution in [0.2, 0.25) is 0 Å². The fourth-order valence-corrected chi connectivity index (χ4v) is 3.82. The molecule has 3 heterocycles. The predicted molar refractivity (Wildman–Crippen MR) is 86.5 cm³/mol. The minimum Gasteiger partial charge on any atom is -0.374 e. The molecule has 0 N–H and O–H groups in total. The Kier molecular flexibility index (Phi) is 3.84. The Bertz CT molecular complexity index is 827. The zero-order valence-corrected chi connectivity index (χ0v) is 13.7. The molecule has 1 aliphatic heterocycles. The standard InChI is InChI=1S/C16H21N5O3/c1-19-15-11(9-18-19)16(23)20(10-17-15)6-5-14(22)21-7-8-24-13-4-2-3-12(13)21/h9-10,12-13H,2-8H2,1H3/t12-,13+/m0/s1. The van der Waals surface area contributed by atoms with Crippen molar-refractivity contribution >= 4 is 16.9 Å². The van der Waals surface area contributed by atoms with E-state index in [0.29, 0.717) is 37.2 Å². The number of amides is 1. The lowest BCUT2D eigenvalue weighted by molar-refractivity contribution is -0.144. The summed E-state index contributed by atoms with van der Waals surface area (Å²) in [5.74, 6) is 0.0911. The van der Waals surface area contributed by atoms with Crippen molar-refractivity contribution in [2.24, 2.45) is 7.05 Å². The average molecular weight is 331 g/mol. The van der Waals surface area contributed by atoms with Gasteiger partial charge in [-0.3, -0.25) is 18.8 Å². The van der Waals surface area contributed by atoms with Crippen molar-refractivity contribution in [2.45, 2.75) is 44.4 Å². The Morgan fingerprint density at radius 2 is 2.29 bits per heavy atom. The number of hydrogen-bond acceptors (Lipinski definition) is 5. The van der Waals surface area contributed by atoms with Gasteiger partial charge in [0.1, 0.15) is 5.39 Å². The van der Waals surface area contributed by atoms with Gasteiger partial charge in [0.05, 0.1) is 31.3 Å². The molecule has 4 rings (SSSR count). The second-order valence-corrected chi connectivity index (χ2v) is 6.49. The van der Waals surface area contributed by atoms with Crippen LogP contribution in [0.5, 0.6) is 0 Å². The molecular formula is C16H21N5O3. The molecule has 2 aromatic heterocycles. The van der Waals surface area contributed by atoms with Crippen molar-refractivity contribution in [2.75, 3.05) is 13.2 Å². The largest absolute Gasteiger partial charge is 0.374 e. The van der Waals surface area contributed by atoms with E-state index in [-0.39, 0.29) is 23.6 Å².